The van der Waals surface area contributed by atoms with Crippen LogP contribution < -0.4 is 0 Å². The maximum Gasteiger partial charge on any atom is 0.416 e. The van der Waals surface area contributed by atoms with Crippen LogP contribution in [0.15, 0.2) is 36.4 Å². The van der Waals surface area contributed by atoms with E-state index in [1.54, 1.807) is 6.07 Å². The molecule has 0 N–H and O–H groups in total. The molecule has 0 radical (unpaired) electrons. The molecule has 1 unspecified atom stereocenters. The number of piperidine rings is 1. The minimum absolute atomic E-state index is 0.0218. The van der Waals surface area contributed by atoms with Crippen molar-refractivity contribution in [3.05, 3.63) is 47.5 Å². The topological polar surface area (TPSA) is 44.1 Å². The number of benzene rings is 1. The van der Waals surface area contributed by atoms with Crippen LogP contribution in [0.1, 0.15) is 29.9 Å². The molecule has 1 heterocycles. The molecule has 3 nitrogen and oxygen atoms in total. The van der Waals surface area contributed by atoms with Crippen LogP contribution in [0.3, 0.4) is 0 Å². The Kier molecular flexibility index (Phi) is 4.55. The first kappa shape index (κ1) is 16.1. The van der Waals surface area contributed by atoms with Gasteiger partial charge in [0.05, 0.1) is 5.56 Å². The van der Waals surface area contributed by atoms with Gasteiger partial charge in [0.25, 0.3) is 5.91 Å². The molecule has 1 saturated heterocycles. The van der Waals surface area contributed by atoms with Crippen molar-refractivity contribution in [2.24, 2.45) is 0 Å². The predicted octanol–water partition coefficient (Wildman–Crippen LogP) is 3.49. The third kappa shape index (κ3) is 3.48. The lowest BCUT2D eigenvalue weighted by Crippen LogP contribution is -2.39. The van der Waals surface area contributed by atoms with E-state index in [1.807, 2.05) is 0 Å². The van der Waals surface area contributed by atoms with Crippen LogP contribution in [0.2, 0.25) is 0 Å². The molecule has 0 bridgehead atoms. The van der Waals surface area contributed by atoms with E-state index in [4.69, 9.17) is 5.26 Å². The number of carbonyl (C=O) groups excluding carboxylic acids is 1. The first-order chi connectivity index (χ1) is 10.3. The molecule has 0 spiro atoms. The summed E-state index contributed by atoms with van der Waals surface area (Å²) in [7, 11) is 0. The van der Waals surface area contributed by atoms with Crippen LogP contribution in [-0.4, -0.2) is 23.9 Å². The zero-order chi connectivity index (χ0) is 16.3. The number of hydrogen-bond acceptors (Lipinski definition) is 2. The Morgan fingerprint density at radius 3 is 2.50 bits per heavy atom. The van der Waals surface area contributed by atoms with Gasteiger partial charge in [0.1, 0.15) is 11.6 Å². The number of rotatable bonds is 2. The number of alkyl halides is 3. The van der Waals surface area contributed by atoms with Gasteiger partial charge in [-0.2, -0.15) is 18.4 Å². The quantitative estimate of drug-likeness (QED) is 0.620. The lowest BCUT2D eigenvalue weighted by molar-refractivity contribution is -0.137. The molecule has 116 valence electrons. The van der Waals surface area contributed by atoms with Crippen LogP contribution >= 0.6 is 0 Å². The molecule has 0 saturated carbocycles. The molecule has 1 aliphatic heterocycles. The van der Waals surface area contributed by atoms with Gasteiger partial charge in [-0.25, -0.2) is 0 Å². The van der Waals surface area contributed by atoms with Crippen LogP contribution in [0, 0.1) is 11.3 Å². The van der Waals surface area contributed by atoms with Crippen molar-refractivity contribution in [3.63, 3.8) is 0 Å². The first-order valence-corrected chi connectivity index (χ1v) is 6.88. The molecule has 1 aromatic rings. The number of hydrogen-bond donors (Lipinski definition) is 0. The van der Waals surface area contributed by atoms with Gasteiger partial charge in [-0.3, -0.25) is 4.79 Å². The summed E-state index contributed by atoms with van der Waals surface area (Å²) in [6.07, 6.45) is -2.80. The summed E-state index contributed by atoms with van der Waals surface area (Å²) in [5.41, 5.74) is -0.0287. The van der Waals surface area contributed by atoms with Crippen molar-refractivity contribution in [3.8, 4) is 6.07 Å². The Morgan fingerprint density at radius 2 is 1.95 bits per heavy atom. The number of halogens is 3. The summed E-state index contributed by atoms with van der Waals surface area (Å²) < 4.78 is 37.7. The van der Waals surface area contributed by atoms with E-state index in [1.165, 1.54) is 17.0 Å². The second-order valence-corrected chi connectivity index (χ2v) is 5.30. The van der Waals surface area contributed by atoms with Crippen molar-refractivity contribution in [1.82, 2.24) is 4.90 Å². The molecule has 1 aromatic carbocycles. The van der Waals surface area contributed by atoms with E-state index in [9.17, 15) is 18.0 Å². The smallest absolute Gasteiger partial charge is 0.337 e. The largest absolute Gasteiger partial charge is 0.416 e. The number of carbonyl (C=O) groups is 1. The highest BCUT2D eigenvalue weighted by molar-refractivity contribution is 5.96. The summed E-state index contributed by atoms with van der Waals surface area (Å²) in [5, 5.41) is 8.72. The Bertz CT molecular complexity index is 614. The molecular weight excluding hydrogens is 293 g/mol. The Hall–Kier alpha value is -2.29. The monoisotopic (exact) mass is 308 g/mol. The second-order valence-electron chi connectivity index (χ2n) is 5.30. The van der Waals surface area contributed by atoms with Gasteiger partial charge >= 0.3 is 6.18 Å². The van der Waals surface area contributed by atoms with Gasteiger partial charge in [0, 0.05) is 19.0 Å². The highest BCUT2D eigenvalue weighted by atomic mass is 19.4. The summed E-state index contributed by atoms with van der Waals surface area (Å²) in [6, 6.07) is 6.77. The average molecular weight is 308 g/mol. The van der Waals surface area contributed by atoms with Gasteiger partial charge in [0.2, 0.25) is 0 Å². The van der Waals surface area contributed by atoms with Crippen molar-refractivity contribution in [1.29, 1.82) is 5.26 Å². The number of likely N-dealkylation sites (tertiary alicyclic amines) is 1. The Balaban J connectivity index is 2.11. The van der Waals surface area contributed by atoms with Crippen molar-refractivity contribution < 1.29 is 18.0 Å². The van der Waals surface area contributed by atoms with E-state index in [2.05, 4.69) is 6.58 Å². The lowest BCUT2D eigenvalue weighted by Gasteiger charge is -2.33. The Morgan fingerprint density at radius 1 is 1.32 bits per heavy atom. The maximum atomic E-state index is 12.6. The average Bonchev–Trinajstić information content (AvgIpc) is 2.53. The summed E-state index contributed by atoms with van der Waals surface area (Å²) in [4.78, 5) is 13.5. The zero-order valence-electron chi connectivity index (χ0n) is 11.9. The molecule has 1 atom stereocenters. The van der Waals surface area contributed by atoms with Crippen LogP contribution in [-0.2, 0) is 11.0 Å². The molecule has 0 aliphatic carbocycles. The molecule has 1 fully saturated rings. The number of nitrogens with zero attached hydrogens (tertiary/aromatic N) is 2. The van der Waals surface area contributed by atoms with E-state index in [-0.39, 0.29) is 11.5 Å². The minimum Gasteiger partial charge on any atom is -0.337 e. The first-order valence-electron chi connectivity index (χ1n) is 6.88. The molecule has 6 heteroatoms. The normalized spacial score (nSPS) is 18.6. The van der Waals surface area contributed by atoms with Crippen LogP contribution in [0.25, 0.3) is 0 Å². The minimum atomic E-state index is -4.35. The fourth-order valence-electron chi connectivity index (χ4n) is 2.62. The summed E-state index contributed by atoms with van der Waals surface area (Å²) >= 11 is 0. The fraction of sp³-hybridized carbons (Fsp3) is 0.375. The van der Waals surface area contributed by atoms with Crippen molar-refractivity contribution in [2.45, 2.75) is 24.9 Å². The van der Waals surface area contributed by atoms with Gasteiger partial charge in [-0.05, 0) is 30.5 Å². The van der Waals surface area contributed by atoms with Gasteiger partial charge in [-0.1, -0.05) is 18.7 Å². The maximum absolute atomic E-state index is 12.6. The Labute approximate surface area is 126 Å². The standard InChI is InChI=1S/C16H15F3N2O/c1-11(9-20)15(22)21-8-2-3-13(10-21)12-4-6-14(7-5-12)16(17,18)19/h4-7,13H,1-3,8,10H2. The predicted molar refractivity (Wildman–Crippen MR) is 74.8 cm³/mol. The van der Waals surface area contributed by atoms with Crippen LogP contribution in [0.4, 0.5) is 13.2 Å². The van der Waals surface area contributed by atoms with E-state index >= 15 is 0 Å². The molecule has 2 rings (SSSR count). The van der Waals surface area contributed by atoms with E-state index < -0.39 is 17.6 Å². The molecule has 1 amide bonds. The van der Waals surface area contributed by atoms with E-state index in [0.717, 1.165) is 30.5 Å². The third-order valence-corrected chi connectivity index (χ3v) is 3.81. The second kappa shape index (κ2) is 6.22. The zero-order valence-corrected chi connectivity index (χ0v) is 11.9. The van der Waals surface area contributed by atoms with Crippen LogP contribution in [0.5, 0.6) is 0 Å². The summed E-state index contributed by atoms with van der Waals surface area (Å²) in [6.45, 7) is 4.34. The highest BCUT2D eigenvalue weighted by Gasteiger charge is 2.31. The van der Waals surface area contributed by atoms with Gasteiger partial charge in [0.15, 0.2) is 0 Å². The van der Waals surface area contributed by atoms with E-state index in [0.29, 0.717) is 13.1 Å². The van der Waals surface area contributed by atoms with Crippen molar-refractivity contribution >= 4 is 5.91 Å². The summed E-state index contributed by atoms with van der Waals surface area (Å²) in [5.74, 6) is -0.425. The highest BCUT2D eigenvalue weighted by Crippen LogP contribution is 2.32. The van der Waals surface area contributed by atoms with Gasteiger partial charge < -0.3 is 4.90 Å². The van der Waals surface area contributed by atoms with Gasteiger partial charge in [-0.15, -0.1) is 0 Å². The number of amides is 1. The molecule has 22 heavy (non-hydrogen) atoms. The fourth-order valence-corrected chi connectivity index (χ4v) is 2.62. The van der Waals surface area contributed by atoms with Crippen molar-refractivity contribution in [2.75, 3.05) is 13.1 Å². The molecular formula is C16H15F3N2O. The number of nitriles is 1. The lowest BCUT2D eigenvalue weighted by atomic mass is 9.90. The molecule has 1 aliphatic rings. The molecule has 0 aromatic heterocycles. The third-order valence-electron chi connectivity index (χ3n) is 3.81. The SMILES string of the molecule is C=C(C#N)C(=O)N1CCCC(c2ccc(C(F)(F)F)cc2)C1.